The summed E-state index contributed by atoms with van der Waals surface area (Å²) in [6.07, 6.45) is -7.67. The second-order valence-electron chi connectivity index (χ2n) is 6.28. The van der Waals surface area contributed by atoms with Crippen LogP contribution in [0.1, 0.15) is 41.4 Å². The number of anilines is 1. The van der Waals surface area contributed by atoms with E-state index >= 15 is 0 Å². The molecule has 0 bridgehead atoms. The molecule has 1 aromatic carbocycles. The third-order valence-electron chi connectivity index (χ3n) is 4.56. The van der Waals surface area contributed by atoms with Crippen LogP contribution in [0.3, 0.4) is 0 Å². The zero-order valence-electron chi connectivity index (χ0n) is 13.8. The molecule has 1 saturated heterocycles. The normalized spacial score (nSPS) is 16.4. The van der Waals surface area contributed by atoms with Crippen LogP contribution in [-0.4, -0.2) is 23.1 Å². The van der Waals surface area contributed by atoms with Gasteiger partial charge in [-0.15, -0.1) is 0 Å². The summed E-state index contributed by atoms with van der Waals surface area (Å²) in [5, 5.41) is 8.96. The number of halogens is 6. The van der Waals surface area contributed by atoms with E-state index in [2.05, 4.69) is 9.97 Å². The molecule has 10 heteroatoms. The highest BCUT2D eigenvalue weighted by atomic mass is 19.4. The number of hydrogen-bond acceptors (Lipinski definition) is 3. The topological polar surface area (TPSA) is 55.7 Å². The maximum atomic E-state index is 13.3. The fraction of sp³-hybridized carbons (Fsp3) is 0.412. The third-order valence-corrected chi connectivity index (χ3v) is 4.56. The quantitative estimate of drug-likeness (QED) is 0.759. The van der Waals surface area contributed by atoms with E-state index in [1.807, 2.05) is 6.07 Å². The Kier molecular flexibility index (Phi) is 4.80. The van der Waals surface area contributed by atoms with Crippen molar-refractivity contribution in [2.24, 2.45) is 0 Å². The third kappa shape index (κ3) is 4.02. The molecule has 1 N–H and O–H groups in total. The molecule has 1 aliphatic rings. The number of benzene rings is 1. The lowest BCUT2D eigenvalue weighted by Gasteiger charge is -2.34. The van der Waals surface area contributed by atoms with Crippen molar-refractivity contribution in [3.8, 4) is 6.07 Å². The zero-order valence-corrected chi connectivity index (χ0v) is 13.8. The van der Waals surface area contributed by atoms with Crippen LogP contribution in [0.5, 0.6) is 0 Å². The Bertz CT molecular complexity index is 854. The van der Waals surface area contributed by atoms with Crippen molar-refractivity contribution in [2.75, 3.05) is 18.0 Å². The second kappa shape index (κ2) is 6.79. The van der Waals surface area contributed by atoms with Gasteiger partial charge in [-0.1, -0.05) is 0 Å². The summed E-state index contributed by atoms with van der Waals surface area (Å²) in [6.45, 7) is 0.426. The van der Waals surface area contributed by atoms with Crippen LogP contribution >= 0.6 is 0 Å². The van der Waals surface area contributed by atoms with E-state index in [1.165, 1.54) is 11.0 Å². The molecule has 0 radical (unpaired) electrons. The first-order valence-electron chi connectivity index (χ1n) is 8.08. The van der Waals surface area contributed by atoms with Gasteiger partial charge in [-0.25, -0.2) is 4.98 Å². The number of alkyl halides is 6. The Morgan fingerprint density at radius 2 is 1.74 bits per heavy atom. The lowest BCUT2D eigenvalue weighted by molar-refractivity contribution is -0.141. The number of piperidine rings is 1. The first-order chi connectivity index (χ1) is 12.6. The van der Waals surface area contributed by atoms with E-state index in [0.29, 0.717) is 12.8 Å². The van der Waals surface area contributed by atoms with E-state index < -0.39 is 23.6 Å². The van der Waals surface area contributed by atoms with E-state index in [-0.39, 0.29) is 36.1 Å². The number of aromatic amines is 1. The minimum absolute atomic E-state index is 0.0876. The van der Waals surface area contributed by atoms with Gasteiger partial charge in [0.2, 0.25) is 0 Å². The molecule has 0 saturated carbocycles. The Morgan fingerprint density at radius 1 is 1.07 bits per heavy atom. The molecule has 1 aromatic heterocycles. The molecule has 1 fully saturated rings. The number of nitrogens with zero attached hydrogens (tertiary/aromatic N) is 3. The van der Waals surface area contributed by atoms with Crippen molar-refractivity contribution >= 4 is 5.69 Å². The number of rotatable bonds is 2. The van der Waals surface area contributed by atoms with Gasteiger partial charge in [0.25, 0.3) is 0 Å². The van der Waals surface area contributed by atoms with E-state index in [9.17, 15) is 26.3 Å². The molecule has 27 heavy (non-hydrogen) atoms. The van der Waals surface area contributed by atoms with Crippen molar-refractivity contribution in [3.05, 3.63) is 47.0 Å². The van der Waals surface area contributed by atoms with Gasteiger partial charge in [-0.05, 0) is 31.0 Å². The van der Waals surface area contributed by atoms with Gasteiger partial charge in [0.15, 0.2) is 0 Å². The largest absolute Gasteiger partial charge is 0.432 e. The van der Waals surface area contributed by atoms with Crippen LogP contribution in [-0.2, 0) is 12.4 Å². The molecular formula is C17H14F6N4. The van der Waals surface area contributed by atoms with Gasteiger partial charge in [-0.2, -0.15) is 31.6 Å². The summed E-state index contributed by atoms with van der Waals surface area (Å²) < 4.78 is 77.8. The predicted octanol–water partition coefficient (Wildman–Crippen LogP) is 4.70. The lowest BCUT2D eigenvalue weighted by Crippen LogP contribution is -2.34. The summed E-state index contributed by atoms with van der Waals surface area (Å²) in [7, 11) is 0. The zero-order chi connectivity index (χ0) is 19.8. The molecule has 0 atom stereocenters. The molecular weight excluding hydrogens is 374 g/mol. The van der Waals surface area contributed by atoms with Crippen molar-refractivity contribution in [2.45, 2.75) is 31.1 Å². The number of H-pyrrole nitrogens is 1. The summed E-state index contributed by atoms with van der Waals surface area (Å²) in [5.41, 5.74) is -1.75. The van der Waals surface area contributed by atoms with E-state index in [4.69, 9.17) is 5.26 Å². The molecule has 1 aliphatic heterocycles. The van der Waals surface area contributed by atoms with Gasteiger partial charge >= 0.3 is 12.4 Å². The Hall–Kier alpha value is -2.70. The first-order valence-corrected chi connectivity index (χ1v) is 8.08. The van der Waals surface area contributed by atoms with Gasteiger partial charge in [0, 0.05) is 19.0 Å². The minimum Gasteiger partial charge on any atom is -0.371 e. The fourth-order valence-electron chi connectivity index (χ4n) is 3.18. The van der Waals surface area contributed by atoms with Gasteiger partial charge < -0.3 is 9.88 Å². The molecule has 0 amide bonds. The average Bonchev–Trinajstić information content (AvgIpc) is 3.11. The lowest BCUT2D eigenvalue weighted by atomic mass is 9.95. The highest BCUT2D eigenvalue weighted by Crippen LogP contribution is 2.39. The Balaban J connectivity index is 1.78. The summed E-state index contributed by atoms with van der Waals surface area (Å²) in [4.78, 5) is 7.53. The monoisotopic (exact) mass is 388 g/mol. The van der Waals surface area contributed by atoms with Crippen molar-refractivity contribution < 1.29 is 26.3 Å². The van der Waals surface area contributed by atoms with Crippen LogP contribution in [0.4, 0.5) is 32.0 Å². The second-order valence-corrected chi connectivity index (χ2v) is 6.28. The van der Waals surface area contributed by atoms with Crippen molar-refractivity contribution in [3.63, 3.8) is 0 Å². The Morgan fingerprint density at radius 3 is 2.26 bits per heavy atom. The SMILES string of the molecule is N#Cc1ccc(C(F)(F)F)c(N2CCC(c3ncc(C(F)(F)F)[nH]3)CC2)c1. The molecule has 0 unspecified atom stereocenters. The summed E-state index contributed by atoms with van der Waals surface area (Å²) in [6, 6.07) is 5.00. The molecule has 2 aromatic rings. The molecule has 0 aliphatic carbocycles. The van der Waals surface area contributed by atoms with Crippen LogP contribution in [0.15, 0.2) is 24.4 Å². The van der Waals surface area contributed by atoms with Gasteiger partial charge in [0.05, 0.1) is 29.1 Å². The number of hydrogen-bond donors (Lipinski definition) is 1. The fourth-order valence-corrected chi connectivity index (χ4v) is 3.18. The maximum Gasteiger partial charge on any atom is 0.432 e. The van der Waals surface area contributed by atoms with Gasteiger partial charge in [0.1, 0.15) is 11.5 Å². The predicted molar refractivity (Wildman–Crippen MR) is 83.9 cm³/mol. The highest BCUT2D eigenvalue weighted by Gasteiger charge is 2.37. The number of nitriles is 1. The van der Waals surface area contributed by atoms with Crippen molar-refractivity contribution in [1.29, 1.82) is 5.26 Å². The van der Waals surface area contributed by atoms with Crippen LogP contribution in [0.2, 0.25) is 0 Å². The van der Waals surface area contributed by atoms with Crippen LogP contribution in [0.25, 0.3) is 0 Å². The summed E-state index contributed by atoms with van der Waals surface area (Å²) >= 11 is 0. The molecule has 4 nitrogen and oxygen atoms in total. The molecule has 144 valence electrons. The van der Waals surface area contributed by atoms with Gasteiger partial charge in [-0.3, -0.25) is 0 Å². The Labute approximate surface area is 150 Å². The molecule has 2 heterocycles. The number of imidazole rings is 1. The maximum absolute atomic E-state index is 13.3. The first kappa shape index (κ1) is 19.1. The number of nitrogens with one attached hydrogen (secondary N) is 1. The van der Waals surface area contributed by atoms with E-state index in [0.717, 1.165) is 18.3 Å². The molecule has 0 spiro atoms. The average molecular weight is 388 g/mol. The smallest absolute Gasteiger partial charge is 0.371 e. The highest BCUT2D eigenvalue weighted by molar-refractivity contribution is 5.59. The standard InChI is InChI=1S/C17H14F6N4/c18-16(19,20)12-2-1-10(8-24)7-13(12)27-5-3-11(4-6-27)15-25-9-14(26-15)17(21,22)23/h1-2,7,9,11H,3-6H2,(H,25,26). The minimum atomic E-state index is -4.57. The van der Waals surface area contributed by atoms with Crippen LogP contribution < -0.4 is 4.90 Å². The van der Waals surface area contributed by atoms with E-state index in [1.54, 1.807) is 0 Å². The van der Waals surface area contributed by atoms with Crippen molar-refractivity contribution in [1.82, 2.24) is 9.97 Å². The molecule has 3 rings (SSSR count). The van der Waals surface area contributed by atoms with Crippen LogP contribution in [0, 0.1) is 11.3 Å². The number of aromatic nitrogens is 2. The summed E-state index contributed by atoms with van der Waals surface area (Å²) in [5.74, 6) is -0.116.